The van der Waals surface area contributed by atoms with Gasteiger partial charge in [0.1, 0.15) is 0 Å². The maximum Gasteiger partial charge on any atom is 0.320 e. The summed E-state index contributed by atoms with van der Waals surface area (Å²) in [5.74, 6) is -0.733. The van der Waals surface area contributed by atoms with Gasteiger partial charge in [0.05, 0.1) is 6.10 Å². The van der Waals surface area contributed by atoms with Crippen molar-refractivity contribution in [2.24, 2.45) is 5.92 Å². The van der Waals surface area contributed by atoms with Gasteiger partial charge in [0.2, 0.25) is 0 Å². The van der Waals surface area contributed by atoms with E-state index in [9.17, 15) is 14.7 Å². The van der Waals surface area contributed by atoms with Gasteiger partial charge in [-0.05, 0) is 25.2 Å². The molecule has 2 fully saturated rings. The van der Waals surface area contributed by atoms with Crippen molar-refractivity contribution < 1.29 is 19.8 Å². The van der Waals surface area contributed by atoms with Crippen LogP contribution in [0.2, 0.25) is 0 Å². The summed E-state index contributed by atoms with van der Waals surface area (Å²) < 4.78 is 0. The first kappa shape index (κ1) is 13.1. The molecule has 2 aliphatic heterocycles. The number of carbonyl (C=O) groups excluding carboxylic acids is 1. The summed E-state index contributed by atoms with van der Waals surface area (Å²) in [5, 5.41) is 18.3. The van der Waals surface area contributed by atoms with E-state index in [4.69, 9.17) is 5.11 Å². The number of carboxylic acids is 1. The van der Waals surface area contributed by atoms with Gasteiger partial charge in [0, 0.05) is 32.6 Å². The number of nitrogens with zero attached hydrogens (tertiary/aromatic N) is 2. The Balaban J connectivity index is 1.85. The van der Waals surface area contributed by atoms with E-state index in [1.807, 2.05) is 0 Å². The second kappa shape index (κ2) is 5.56. The number of aliphatic carboxylic acids is 1. The molecule has 0 aromatic carbocycles. The molecular formula is C12H20N2O4. The Bertz CT molecular complexity index is 334. The smallest absolute Gasteiger partial charge is 0.320 e. The zero-order valence-corrected chi connectivity index (χ0v) is 10.4. The van der Waals surface area contributed by atoms with Crippen LogP contribution in [0.5, 0.6) is 0 Å². The van der Waals surface area contributed by atoms with Crippen LogP contribution >= 0.6 is 0 Å². The molecule has 2 aliphatic rings. The highest BCUT2D eigenvalue weighted by atomic mass is 16.4. The largest absolute Gasteiger partial charge is 0.481 e. The summed E-state index contributed by atoms with van der Waals surface area (Å²) in [5.41, 5.74) is 0. The Kier molecular flexibility index (Phi) is 4.06. The van der Waals surface area contributed by atoms with E-state index in [1.54, 1.807) is 9.80 Å². The molecule has 0 radical (unpaired) electrons. The van der Waals surface area contributed by atoms with Gasteiger partial charge in [-0.3, -0.25) is 4.79 Å². The average Bonchev–Trinajstić information content (AvgIpc) is 2.75. The van der Waals surface area contributed by atoms with Crippen molar-refractivity contribution in [3.63, 3.8) is 0 Å². The number of rotatable bonds is 2. The second-order valence-corrected chi connectivity index (χ2v) is 5.22. The van der Waals surface area contributed by atoms with Crippen molar-refractivity contribution in [2.45, 2.75) is 31.8 Å². The molecule has 2 amide bonds. The minimum absolute atomic E-state index is 0.0540. The lowest BCUT2D eigenvalue weighted by Gasteiger charge is -2.33. The fraction of sp³-hybridized carbons (Fsp3) is 0.833. The van der Waals surface area contributed by atoms with E-state index in [0.29, 0.717) is 26.2 Å². The van der Waals surface area contributed by atoms with Crippen molar-refractivity contribution in [1.29, 1.82) is 0 Å². The van der Waals surface area contributed by atoms with Crippen LogP contribution in [0, 0.1) is 5.92 Å². The molecule has 0 aromatic heterocycles. The fourth-order valence-electron chi connectivity index (χ4n) is 2.75. The Morgan fingerprint density at radius 2 is 1.83 bits per heavy atom. The van der Waals surface area contributed by atoms with Gasteiger partial charge in [-0.1, -0.05) is 0 Å². The maximum absolute atomic E-state index is 12.2. The third kappa shape index (κ3) is 3.13. The molecule has 2 atom stereocenters. The number of likely N-dealkylation sites (tertiary alicyclic amines) is 2. The number of piperidine rings is 1. The lowest BCUT2D eigenvalue weighted by molar-refractivity contribution is -0.138. The predicted molar refractivity (Wildman–Crippen MR) is 64.1 cm³/mol. The van der Waals surface area contributed by atoms with E-state index in [1.165, 1.54) is 0 Å². The highest BCUT2D eigenvalue weighted by Crippen LogP contribution is 2.22. The molecule has 0 bridgehead atoms. The first-order chi connectivity index (χ1) is 8.56. The monoisotopic (exact) mass is 256 g/mol. The van der Waals surface area contributed by atoms with Crippen LogP contribution in [0.1, 0.15) is 25.7 Å². The molecule has 0 saturated carbocycles. The van der Waals surface area contributed by atoms with Crippen LogP contribution in [-0.4, -0.2) is 64.3 Å². The van der Waals surface area contributed by atoms with E-state index < -0.39 is 12.1 Å². The van der Waals surface area contributed by atoms with Gasteiger partial charge in [0.15, 0.2) is 0 Å². The zero-order chi connectivity index (χ0) is 13.1. The van der Waals surface area contributed by atoms with Crippen molar-refractivity contribution in [1.82, 2.24) is 9.80 Å². The molecule has 0 aliphatic carbocycles. The molecule has 18 heavy (non-hydrogen) atoms. The highest BCUT2D eigenvalue weighted by molar-refractivity contribution is 5.75. The Morgan fingerprint density at radius 3 is 2.50 bits per heavy atom. The van der Waals surface area contributed by atoms with Gasteiger partial charge >= 0.3 is 12.0 Å². The summed E-state index contributed by atoms with van der Waals surface area (Å²) in [6, 6.07) is -0.0540. The lowest BCUT2D eigenvalue weighted by Crippen LogP contribution is -2.48. The van der Waals surface area contributed by atoms with Crippen molar-refractivity contribution >= 4 is 12.0 Å². The van der Waals surface area contributed by atoms with Crippen LogP contribution in [0.25, 0.3) is 0 Å². The quantitative estimate of drug-likeness (QED) is 0.747. The first-order valence-electron chi connectivity index (χ1n) is 6.50. The molecule has 2 rings (SSSR count). The number of hydrogen-bond acceptors (Lipinski definition) is 3. The molecule has 0 spiro atoms. The average molecular weight is 256 g/mol. The standard InChI is InChI=1S/C12H20N2O4/c15-10-2-1-4-13(8-10)12(18)14-5-3-9(7-14)6-11(16)17/h9-10,15H,1-8H2,(H,16,17). The molecule has 102 valence electrons. The van der Waals surface area contributed by atoms with E-state index in [-0.39, 0.29) is 18.4 Å². The molecule has 2 unspecified atom stereocenters. The van der Waals surface area contributed by atoms with Crippen LogP contribution < -0.4 is 0 Å². The molecule has 6 nitrogen and oxygen atoms in total. The van der Waals surface area contributed by atoms with E-state index >= 15 is 0 Å². The summed E-state index contributed by atoms with van der Waals surface area (Å²) in [6.07, 6.45) is 2.06. The summed E-state index contributed by atoms with van der Waals surface area (Å²) >= 11 is 0. The van der Waals surface area contributed by atoms with Crippen molar-refractivity contribution in [2.75, 3.05) is 26.2 Å². The minimum atomic E-state index is -0.803. The Morgan fingerprint density at radius 1 is 1.11 bits per heavy atom. The van der Waals surface area contributed by atoms with E-state index in [2.05, 4.69) is 0 Å². The molecule has 2 saturated heterocycles. The number of amides is 2. The van der Waals surface area contributed by atoms with E-state index in [0.717, 1.165) is 19.3 Å². The Labute approximate surface area is 106 Å². The summed E-state index contributed by atoms with van der Waals surface area (Å²) in [4.78, 5) is 26.2. The molecular weight excluding hydrogens is 236 g/mol. The maximum atomic E-state index is 12.2. The van der Waals surface area contributed by atoms with Gasteiger partial charge in [0.25, 0.3) is 0 Å². The van der Waals surface area contributed by atoms with Crippen LogP contribution in [0.15, 0.2) is 0 Å². The topological polar surface area (TPSA) is 81.1 Å². The molecule has 0 aromatic rings. The minimum Gasteiger partial charge on any atom is -0.481 e. The normalized spacial score (nSPS) is 28.5. The zero-order valence-electron chi connectivity index (χ0n) is 10.4. The molecule has 2 N–H and O–H groups in total. The second-order valence-electron chi connectivity index (χ2n) is 5.22. The van der Waals surface area contributed by atoms with Crippen molar-refractivity contribution in [3.8, 4) is 0 Å². The van der Waals surface area contributed by atoms with Crippen molar-refractivity contribution in [3.05, 3.63) is 0 Å². The molecule has 2 heterocycles. The van der Waals surface area contributed by atoms with Gasteiger partial charge in [-0.2, -0.15) is 0 Å². The van der Waals surface area contributed by atoms with Crippen LogP contribution in [0.3, 0.4) is 0 Å². The lowest BCUT2D eigenvalue weighted by atomic mass is 10.1. The first-order valence-corrected chi connectivity index (χ1v) is 6.50. The van der Waals surface area contributed by atoms with Crippen LogP contribution in [0.4, 0.5) is 4.79 Å². The third-order valence-electron chi connectivity index (χ3n) is 3.69. The van der Waals surface area contributed by atoms with Crippen LogP contribution in [-0.2, 0) is 4.79 Å². The SMILES string of the molecule is O=C(O)CC1CCN(C(=O)N2CCCC(O)C2)C1. The number of aliphatic hydroxyl groups is 1. The van der Waals surface area contributed by atoms with Gasteiger partial charge in [-0.25, -0.2) is 4.79 Å². The number of hydrogen-bond donors (Lipinski definition) is 2. The van der Waals surface area contributed by atoms with Gasteiger partial charge < -0.3 is 20.0 Å². The number of aliphatic hydroxyl groups excluding tert-OH is 1. The predicted octanol–water partition coefficient (Wildman–Crippen LogP) is 0.360. The number of carboxylic acid groups (broad SMARTS) is 1. The number of β-amino-alcohol motifs (C(OH)–C–C–N with tert-alkyl or cyclic N) is 1. The molecule has 6 heteroatoms. The summed E-state index contributed by atoms with van der Waals surface area (Å²) in [7, 11) is 0. The summed E-state index contributed by atoms with van der Waals surface area (Å²) in [6.45, 7) is 2.25. The van der Waals surface area contributed by atoms with Gasteiger partial charge in [-0.15, -0.1) is 0 Å². The highest BCUT2D eigenvalue weighted by Gasteiger charge is 2.32. The Hall–Kier alpha value is -1.30. The fourth-order valence-corrected chi connectivity index (χ4v) is 2.75. The number of urea groups is 1. The third-order valence-corrected chi connectivity index (χ3v) is 3.69. The number of carbonyl (C=O) groups is 2.